The molecular weight excluding hydrogens is 326 g/mol. The second-order valence-corrected chi connectivity index (χ2v) is 5.22. The van der Waals surface area contributed by atoms with Crippen molar-refractivity contribution in [3.63, 3.8) is 0 Å². The molecule has 0 bridgehead atoms. The molecule has 0 radical (unpaired) electrons. The van der Waals surface area contributed by atoms with E-state index in [1.807, 2.05) is 0 Å². The van der Waals surface area contributed by atoms with Crippen LogP contribution in [0.25, 0.3) is 0 Å². The third-order valence-electron chi connectivity index (χ3n) is 2.43. The Bertz CT molecular complexity index is 648. The summed E-state index contributed by atoms with van der Waals surface area (Å²) in [5, 5.41) is 2.75. The van der Waals surface area contributed by atoms with Crippen molar-refractivity contribution >= 4 is 46.4 Å². The Morgan fingerprint density at radius 2 is 1.75 bits per heavy atom. The number of carbonyl (C=O) groups is 1. The van der Waals surface area contributed by atoms with Gasteiger partial charge in [0.1, 0.15) is 11.0 Å². The zero-order chi connectivity index (χ0) is 14.9. The van der Waals surface area contributed by atoms with Gasteiger partial charge in [-0.15, -0.1) is 0 Å². The predicted octanol–water partition coefficient (Wildman–Crippen LogP) is 4.74. The first-order chi connectivity index (χ1) is 9.36. The van der Waals surface area contributed by atoms with Crippen LogP contribution in [0.1, 0.15) is 16.1 Å². The molecule has 0 aliphatic carbocycles. The first kappa shape index (κ1) is 15.0. The molecule has 0 spiro atoms. The van der Waals surface area contributed by atoms with Gasteiger partial charge in [-0.2, -0.15) is 0 Å². The van der Waals surface area contributed by atoms with Gasteiger partial charge < -0.3 is 5.32 Å². The standard InChI is InChI=1S/C13H8Cl3FN2O/c1-6-2-7(3-11(16)18-6)13(20)19-12-9(14)4-8(17)5-10(12)15/h2-5H,1H3,(H,19,20). The molecule has 0 atom stereocenters. The number of carbonyl (C=O) groups excluding carboxylic acids is 1. The van der Waals surface area contributed by atoms with Gasteiger partial charge in [-0.1, -0.05) is 34.8 Å². The molecule has 0 unspecified atom stereocenters. The minimum atomic E-state index is -0.583. The fourth-order valence-corrected chi connectivity index (χ4v) is 2.41. The number of aryl methyl sites for hydroxylation is 1. The second-order valence-electron chi connectivity index (χ2n) is 4.02. The number of hydrogen-bond acceptors (Lipinski definition) is 2. The third-order valence-corrected chi connectivity index (χ3v) is 3.22. The monoisotopic (exact) mass is 332 g/mol. The molecule has 1 N–H and O–H groups in total. The maximum absolute atomic E-state index is 13.1. The Labute approximate surface area is 129 Å². The summed E-state index contributed by atoms with van der Waals surface area (Å²) in [7, 11) is 0. The van der Waals surface area contributed by atoms with Crippen LogP contribution >= 0.6 is 34.8 Å². The lowest BCUT2D eigenvalue weighted by Gasteiger charge is -2.10. The summed E-state index contributed by atoms with van der Waals surface area (Å²) in [5.41, 5.74) is 1.04. The zero-order valence-corrected chi connectivity index (χ0v) is 12.4. The van der Waals surface area contributed by atoms with Crippen LogP contribution in [-0.2, 0) is 0 Å². The number of amides is 1. The molecule has 0 aliphatic heterocycles. The minimum Gasteiger partial charge on any atom is -0.319 e. The van der Waals surface area contributed by atoms with Gasteiger partial charge in [0, 0.05) is 11.3 Å². The Kier molecular flexibility index (Phi) is 4.48. The van der Waals surface area contributed by atoms with Crippen LogP contribution in [-0.4, -0.2) is 10.9 Å². The minimum absolute atomic E-state index is 0.0141. The summed E-state index contributed by atoms with van der Waals surface area (Å²) >= 11 is 17.5. The van der Waals surface area contributed by atoms with Gasteiger partial charge in [0.25, 0.3) is 5.91 Å². The number of nitrogens with zero attached hydrogens (tertiary/aromatic N) is 1. The first-order valence-corrected chi connectivity index (χ1v) is 6.60. The quantitative estimate of drug-likeness (QED) is 0.806. The van der Waals surface area contributed by atoms with Gasteiger partial charge in [0.05, 0.1) is 15.7 Å². The van der Waals surface area contributed by atoms with Crippen LogP contribution in [0.2, 0.25) is 15.2 Å². The molecule has 1 heterocycles. The van der Waals surface area contributed by atoms with Gasteiger partial charge in [-0.3, -0.25) is 4.79 Å². The molecule has 0 fully saturated rings. The molecule has 0 aliphatic rings. The average Bonchev–Trinajstić information content (AvgIpc) is 2.32. The van der Waals surface area contributed by atoms with Gasteiger partial charge >= 0.3 is 0 Å². The topological polar surface area (TPSA) is 42.0 Å². The van der Waals surface area contributed by atoms with Crippen LogP contribution in [0, 0.1) is 12.7 Å². The van der Waals surface area contributed by atoms with Crippen molar-refractivity contribution in [1.82, 2.24) is 4.98 Å². The van der Waals surface area contributed by atoms with E-state index in [1.54, 1.807) is 13.0 Å². The predicted molar refractivity (Wildman–Crippen MR) is 78.4 cm³/mol. The third kappa shape index (κ3) is 3.39. The number of benzene rings is 1. The lowest BCUT2D eigenvalue weighted by molar-refractivity contribution is 0.102. The lowest BCUT2D eigenvalue weighted by Crippen LogP contribution is -2.13. The Balaban J connectivity index is 2.32. The molecule has 2 rings (SSSR count). The average molecular weight is 334 g/mol. The highest BCUT2D eigenvalue weighted by atomic mass is 35.5. The number of anilines is 1. The van der Waals surface area contributed by atoms with Crippen molar-refractivity contribution in [2.45, 2.75) is 6.92 Å². The highest BCUT2D eigenvalue weighted by Crippen LogP contribution is 2.31. The van der Waals surface area contributed by atoms with E-state index >= 15 is 0 Å². The van der Waals surface area contributed by atoms with E-state index in [0.717, 1.165) is 12.1 Å². The summed E-state index contributed by atoms with van der Waals surface area (Å²) in [6, 6.07) is 5.10. The van der Waals surface area contributed by atoms with Gasteiger partial charge in [-0.25, -0.2) is 9.37 Å². The maximum atomic E-state index is 13.1. The highest BCUT2D eigenvalue weighted by Gasteiger charge is 2.14. The van der Waals surface area contributed by atoms with Gasteiger partial charge in [0.2, 0.25) is 0 Å². The van der Waals surface area contributed by atoms with Crippen LogP contribution in [0.5, 0.6) is 0 Å². The molecule has 0 saturated carbocycles. The van der Waals surface area contributed by atoms with E-state index in [9.17, 15) is 9.18 Å². The van der Waals surface area contributed by atoms with Gasteiger partial charge in [0.15, 0.2) is 0 Å². The van der Waals surface area contributed by atoms with E-state index in [0.29, 0.717) is 11.3 Å². The van der Waals surface area contributed by atoms with Crippen molar-refractivity contribution in [1.29, 1.82) is 0 Å². The molecule has 104 valence electrons. The van der Waals surface area contributed by atoms with Crippen LogP contribution in [0.15, 0.2) is 24.3 Å². The molecule has 1 amide bonds. The van der Waals surface area contributed by atoms with E-state index in [4.69, 9.17) is 34.8 Å². The fourth-order valence-electron chi connectivity index (χ4n) is 1.61. The molecule has 2 aromatic rings. The van der Waals surface area contributed by atoms with Crippen molar-refractivity contribution in [3.05, 3.63) is 56.5 Å². The van der Waals surface area contributed by atoms with Crippen molar-refractivity contribution < 1.29 is 9.18 Å². The number of nitrogens with one attached hydrogen (secondary N) is 1. The lowest BCUT2D eigenvalue weighted by atomic mass is 10.2. The van der Waals surface area contributed by atoms with Crippen molar-refractivity contribution in [2.75, 3.05) is 5.32 Å². The summed E-state index contributed by atoms with van der Waals surface area (Å²) < 4.78 is 13.1. The summed E-state index contributed by atoms with van der Waals surface area (Å²) in [4.78, 5) is 16.1. The first-order valence-electron chi connectivity index (χ1n) is 5.47. The number of halogens is 4. The van der Waals surface area contributed by atoms with Gasteiger partial charge in [-0.05, 0) is 31.2 Å². The number of hydrogen-bond donors (Lipinski definition) is 1. The zero-order valence-electron chi connectivity index (χ0n) is 10.2. The summed E-state index contributed by atoms with van der Waals surface area (Å²) in [5.74, 6) is -1.05. The number of rotatable bonds is 2. The maximum Gasteiger partial charge on any atom is 0.255 e. The van der Waals surface area contributed by atoms with Crippen LogP contribution < -0.4 is 5.32 Å². The Hall–Kier alpha value is -1.36. The number of pyridine rings is 1. The smallest absolute Gasteiger partial charge is 0.255 e. The van der Waals surface area contributed by atoms with Crippen molar-refractivity contribution in [3.8, 4) is 0 Å². The van der Waals surface area contributed by atoms with Crippen LogP contribution in [0.3, 0.4) is 0 Å². The Morgan fingerprint density at radius 3 is 2.30 bits per heavy atom. The van der Waals surface area contributed by atoms with E-state index in [-0.39, 0.29) is 20.9 Å². The molecule has 0 saturated heterocycles. The molecule has 7 heteroatoms. The van der Waals surface area contributed by atoms with Crippen LogP contribution in [0.4, 0.5) is 10.1 Å². The Morgan fingerprint density at radius 1 is 1.15 bits per heavy atom. The molecule has 3 nitrogen and oxygen atoms in total. The fraction of sp³-hybridized carbons (Fsp3) is 0.0769. The second kappa shape index (κ2) is 5.95. The summed E-state index contributed by atoms with van der Waals surface area (Å²) in [6.07, 6.45) is 0. The van der Waals surface area contributed by atoms with Crippen molar-refractivity contribution in [2.24, 2.45) is 0 Å². The SMILES string of the molecule is Cc1cc(C(=O)Nc2c(Cl)cc(F)cc2Cl)cc(Cl)n1. The van der Waals surface area contributed by atoms with E-state index in [2.05, 4.69) is 10.3 Å². The summed E-state index contributed by atoms with van der Waals surface area (Å²) in [6.45, 7) is 1.71. The molecule has 1 aromatic carbocycles. The molecule has 20 heavy (non-hydrogen) atoms. The molecule has 1 aromatic heterocycles. The largest absolute Gasteiger partial charge is 0.319 e. The van der Waals surface area contributed by atoms with E-state index < -0.39 is 11.7 Å². The van der Waals surface area contributed by atoms with E-state index in [1.165, 1.54) is 6.07 Å². The number of aromatic nitrogens is 1. The normalized spacial score (nSPS) is 10.4. The highest BCUT2D eigenvalue weighted by molar-refractivity contribution is 6.40. The molecular formula is C13H8Cl3FN2O.